The third-order valence-electron chi connectivity index (χ3n) is 5.48. The molecule has 4 bridgehead atoms. The highest BCUT2D eigenvalue weighted by Gasteiger charge is 2.16. The predicted octanol–water partition coefficient (Wildman–Crippen LogP) is 2.62. The van der Waals surface area contributed by atoms with E-state index in [4.69, 9.17) is 0 Å². The summed E-state index contributed by atoms with van der Waals surface area (Å²) in [7, 11) is 0. The molecule has 2 aromatic carbocycles. The quantitative estimate of drug-likeness (QED) is 0.585. The van der Waals surface area contributed by atoms with E-state index in [2.05, 4.69) is 10.6 Å². The maximum Gasteiger partial charge on any atom is 0.251 e. The highest BCUT2D eigenvalue weighted by atomic mass is 19.1. The van der Waals surface area contributed by atoms with Crippen molar-refractivity contribution in [3.05, 3.63) is 53.3 Å². The van der Waals surface area contributed by atoms with E-state index in [0.717, 1.165) is 5.56 Å². The molecule has 0 saturated heterocycles. The highest BCUT2D eigenvalue weighted by molar-refractivity contribution is 5.95. The molecule has 3 amide bonds. The summed E-state index contributed by atoms with van der Waals surface area (Å²) in [4.78, 5) is 38.2. The minimum absolute atomic E-state index is 0.0788. The first kappa shape index (κ1) is 23.2. The van der Waals surface area contributed by atoms with Gasteiger partial charge in [-0.3, -0.25) is 14.4 Å². The number of amides is 3. The normalized spacial score (nSPS) is 16.2. The number of carbonyl (C=O) groups excluding carboxylic acids is 3. The minimum atomic E-state index is -0.551. The lowest BCUT2D eigenvalue weighted by atomic mass is 9.98. The summed E-state index contributed by atoms with van der Waals surface area (Å²) >= 11 is 0. The van der Waals surface area contributed by atoms with Crippen LogP contribution in [-0.4, -0.2) is 53.9 Å². The molecular weight excluding hydrogens is 413 g/mol. The molecule has 0 aromatic heterocycles. The number of carbonyl (C=O) groups is 3. The smallest absolute Gasteiger partial charge is 0.251 e. The SMILES string of the molecule is CC(=O)N1CCCNC(=O)c2ccc(F)c(c2)-c2cc(ccc2O)CCNC(=O)CCC1. The van der Waals surface area contributed by atoms with Crippen LogP contribution in [-0.2, 0) is 16.0 Å². The van der Waals surface area contributed by atoms with Gasteiger partial charge in [-0.1, -0.05) is 6.07 Å². The molecule has 1 aliphatic heterocycles. The second-order valence-electron chi connectivity index (χ2n) is 7.87. The van der Waals surface area contributed by atoms with Gasteiger partial charge in [0.15, 0.2) is 0 Å². The molecule has 0 unspecified atom stereocenters. The van der Waals surface area contributed by atoms with Gasteiger partial charge in [0.2, 0.25) is 11.8 Å². The van der Waals surface area contributed by atoms with Crippen molar-refractivity contribution >= 4 is 17.7 Å². The Balaban J connectivity index is 1.87. The highest BCUT2D eigenvalue weighted by Crippen LogP contribution is 2.32. The van der Waals surface area contributed by atoms with E-state index in [1.165, 1.54) is 31.2 Å². The zero-order chi connectivity index (χ0) is 23.1. The van der Waals surface area contributed by atoms with Crippen LogP contribution in [0, 0.1) is 5.82 Å². The molecule has 170 valence electrons. The standard InChI is InChI=1S/C24H28FN3O4/c1-16(29)28-12-2-4-23(31)26-11-9-17-5-8-22(30)20(14-17)19-15-18(6-7-21(19)25)24(32)27-10-3-13-28/h5-8,14-15,30H,2-4,9-13H2,1H3,(H,26,31)(H,27,32). The molecule has 1 aliphatic rings. The van der Waals surface area contributed by atoms with Crippen molar-refractivity contribution in [3.63, 3.8) is 0 Å². The lowest BCUT2D eigenvalue weighted by Gasteiger charge is -2.21. The number of hydrogen-bond donors (Lipinski definition) is 3. The van der Waals surface area contributed by atoms with Gasteiger partial charge in [-0.25, -0.2) is 4.39 Å². The van der Waals surface area contributed by atoms with Crippen molar-refractivity contribution in [3.8, 4) is 16.9 Å². The average Bonchev–Trinajstić information content (AvgIpc) is 2.76. The number of halogens is 1. The fourth-order valence-corrected chi connectivity index (χ4v) is 3.69. The molecule has 0 saturated carbocycles. The lowest BCUT2D eigenvalue weighted by Crippen LogP contribution is -2.34. The maximum absolute atomic E-state index is 14.6. The molecule has 0 fully saturated rings. The van der Waals surface area contributed by atoms with Gasteiger partial charge in [-0.2, -0.15) is 0 Å². The van der Waals surface area contributed by atoms with Crippen molar-refractivity contribution in [2.24, 2.45) is 0 Å². The Morgan fingerprint density at radius 3 is 2.53 bits per heavy atom. The molecule has 32 heavy (non-hydrogen) atoms. The fraction of sp³-hybridized carbons (Fsp3) is 0.375. The van der Waals surface area contributed by atoms with Gasteiger partial charge in [-0.05, 0) is 55.2 Å². The minimum Gasteiger partial charge on any atom is -0.507 e. The Morgan fingerprint density at radius 1 is 0.969 bits per heavy atom. The van der Waals surface area contributed by atoms with Gasteiger partial charge < -0.3 is 20.6 Å². The maximum atomic E-state index is 14.6. The van der Waals surface area contributed by atoms with E-state index in [1.807, 2.05) is 0 Å². The van der Waals surface area contributed by atoms with Crippen LogP contribution in [0.2, 0.25) is 0 Å². The monoisotopic (exact) mass is 441 g/mol. The van der Waals surface area contributed by atoms with Crippen LogP contribution in [0.4, 0.5) is 4.39 Å². The van der Waals surface area contributed by atoms with Crippen LogP contribution in [0.15, 0.2) is 36.4 Å². The number of fused-ring (bicyclic) bond motifs is 5. The number of rotatable bonds is 0. The average molecular weight is 442 g/mol. The van der Waals surface area contributed by atoms with Gasteiger partial charge in [0.25, 0.3) is 5.91 Å². The summed E-state index contributed by atoms with van der Waals surface area (Å²) < 4.78 is 14.6. The third-order valence-corrected chi connectivity index (χ3v) is 5.48. The Morgan fingerprint density at radius 2 is 1.75 bits per heavy atom. The number of nitrogens with one attached hydrogen (secondary N) is 2. The first-order valence-corrected chi connectivity index (χ1v) is 10.8. The number of phenols is 1. The summed E-state index contributed by atoms with van der Waals surface area (Å²) in [6.07, 6.45) is 1.90. The molecule has 1 heterocycles. The molecule has 8 heteroatoms. The van der Waals surface area contributed by atoms with Crippen LogP contribution >= 0.6 is 0 Å². The fourth-order valence-electron chi connectivity index (χ4n) is 3.69. The zero-order valence-electron chi connectivity index (χ0n) is 18.1. The van der Waals surface area contributed by atoms with Gasteiger partial charge in [0, 0.05) is 56.2 Å². The number of nitrogens with zero attached hydrogens (tertiary/aromatic N) is 1. The molecule has 0 atom stereocenters. The van der Waals surface area contributed by atoms with Gasteiger partial charge in [-0.15, -0.1) is 0 Å². The van der Waals surface area contributed by atoms with E-state index in [9.17, 15) is 23.9 Å². The summed E-state index contributed by atoms with van der Waals surface area (Å²) in [6, 6.07) is 8.89. The van der Waals surface area contributed by atoms with Crippen LogP contribution in [0.1, 0.15) is 42.1 Å². The van der Waals surface area contributed by atoms with E-state index < -0.39 is 5.82 Å². The second kappa shape index (κ2) is 10.7. The summed E-state index contributed by atoms with van der Waals surface area (Å²) in [5.74, 6) is -1.18. The molecule has 0 spiro atoms. The number of benzene rings is 2. The van der Waals surface area contributed by atoms with E-state index >= 15 is 0 Å². The summed E-state index contributed by atoms with van der Waals surface area (Å²) in [5.41, 5.74) is 1.51. The van der Waals surface area contributed by atoms with Crippen molar-refractivity contribution in [2.45, 2.75) is 32.6 Å². The van der Waals surface area contributed by atoms with Gasteiger partial charge >= 0.3 is 0 Å². The van der Waals surface area contributed by atoms with Gasteiger partial charge in [0.05, 0.1) is 0 Å². The molecule has 7 nitrogen and oxygen atoms in total. The Kier molecular flexibility index (Phi) is 7.81. The largest absolute Gasteiger partial charge is 0.507 e. The van der Waals surface area contributed by atoms with E-state index in [-0.39, 0.29) is 40.2 Å². The van der Waals surface area contributed by atoms with Crippen molar-refractivity contribution in [1.82, 2.24) is 15.5 Å². The number of hydrogen-bond acceptors (Lipinski definition) is 4. The van der Waals surface area contributed by atoms with E-state index in [0.29, 0.717) is 51.9 Å². The molecule has 0 radical (unpaired) electrons. The molecule has 3 rings (SSSR count). The van der Waals surface area contributed by atoms with Crippen LogP contribution in [0.25, 0.3) is 11.1 Å². The molecule has 2 aromatic rings. The zero-order valence-corrected chi connectivity index (χ0v) is 18.1. The van der Waals surface area contributed by atoms with Crippen molar-refractivity contribution in [2.75, 3.05) is 26.2 Å². The van der Waals surface area contributed by atoms with Crippen molar-refractivity contribution < 1.29 is 23.9 Å². The Labute approximate surface area is 186 Å². The predicted molar refractivity (Wildman–Crippen MR) is 119 cm³/mol. The first-order valence-electron chi connectivity index (χ1n) is 10.8. The van der Waals surface area contributed by atoms with Crippen LogP contribution in [0.5, 0.6) is 5.75 Å². The van der Waals surface area contributed by atoms with Crippen LogP contribution in [0.3, 0.4) is 0 Å². The van der Waals surface area contributed by atoms with E-state index in [1.54, 1.807) is 17.0 Å². The first-order chi connectivity index (χ1) is 15.3. The van der Waals surface area contributed by atoms with Gasteiger partial charge in [0.1, 0.15) is 11.6 Å². The number of aromatic hydroxyl groups is 1. The van der Waals surface area contributed by atoms with Crippen LogP contribution < -0.4 is 10.6 Å². The summed E-state index contributed by atoms with van der Waals surface area (Å²) in [6.45, 7) is 3.16. The summed E-state index contributed by atoms with van der Waals surface area (Å²) in [5, 5.41) is 15.9. The number of phenolic OH excluding ortho intramolecular Hbond substituents is 1. The topological polar surface area (TPSA) is 98.7 Å². The third kappa shape index (κ3) is 6.06. The van der Waals surface area contributed by atoms with Crippen molar-refractivity contribution in [1.29, 1.82) is 0 Å². The molecule has 0 aliphatic carbocycles. The Bertz CT molecular complexity index is 1010. The Hall–Kier alpha value is -3.42. The molecular formula is C24H28FN3O4. The molecule has 3 N–H and O–H groups in total. The lowest BCUT2D eigenvalue weighted by molar-refractivity contribution is -0.129. The second-order valence-corrected chi connectivity index (χ2v) is 7.87.